The van der Waals surface area contributed by atoms with Crippen LogP contribution in [-0.2, 0) is 14.8 Å². The maximum Gasteiger partial charge on any atom is 0.232 e. The predicted molar refractivity (Wildman–Crippen MR) is 103 cm³/mol. The number of nitrogens with one attached hydrogen (secondary N) is 1. The first-order chi connectivity index (χ1) is 12.1. The number of sulfonamides is 1. The summed E-state index contributed by atoms with van der Waals surface area (Å²) in [6.45, 7) is 3.70. The number of halogens is 2. The van der Waals surface area contributed by atoms with Crippen molar-refractivity contribution >= 4 is 38.9 Å². The number of benzene rings is 2. The number of carbonyl (C=O) groups excluding carboxylic acids is 1. The Morgan fingerprint density at radius 1 is 1.19 bits per heavy atom. The van der Waals surface area contributed by atoms with Gasteiger partial charge in [-0.15, -0.1) is 0 Å². The quantitative estimate of drug-likeness (QED) is 0.802. The second-order valence-electron chi connectivity index (χ2n) is 6.05. The number of anilines is 2. The Morgan fingerprint density at radius 3 is 2.50 bits per heavy atom. The molecule has 2 aromatic carbocycles. The summed E-state index contributed by atoms with van der Waals surface area (Å²) in [5.74, 6) is -0.961. The molecule has 8 heteroatoms. The highest BCUT2D eigenvalue weighted by Gasteiger charge is 2.20. The third-order valence-corrected chi connectivity index (χ3v) is 5.28. The first-order valence-electron chi connectivity index (χ1n) is 7.88. The maximum absolute atomic E-state index is 13.3. The summed E-state index contributed by atoms with van der Waals surface area (Å²) in [4.78, 5) is 12.2. The molecule has 0 saturated carbocycles. The third kappa shape index (κ3) is 5.19. The Kier molecular flexibility index (Phi) is 6.26. The van der Waals surface area contributed by atoms with Crippen molar-refractivity contribution in [3.63, 3.8) is 0 Å². The standard InChI is InChI=1S/C18H20ClFN2O3S/c1-12-4-5-13(2)17(10-12)21-18(23)8-9-22(26(3,24)25)14-6-7-16(20)15(19)11-14/h4-7,10-11H,8-9H2,1-3H3,(H,21,23). The SMILES string of the molecule is Cc1ccc(C)c(NC(=O)CCN(c2ccc(F)c(Cl)c2)S(C)(=O)=O)c1. The van der Waals surface area contributed by atoms with Crippen molar-refractivity contribution in [1.29, 1.82) is 0 Å². The Balaban J connectivity index is 2.13. The average molecular weight is 399 g/mol. The zero-order chi connectivity index (χ0) is 19.5. The minimum Gasteiger partial charge on any atom is -0.326 e. The van der Waals surface area contributed by atoms with Crippen LogP contribution in [0, 0.1) is 19.7 Å². The second-order valence-corrected chi connectivity index (χ2v) is 8.36. The minimum absolute atomic E-state index is 0.0601. The number of aryl methyl sites for hydroxylation is 2. The normalized spacial score (nSPS) is 11.3. The third-order valence-electron chi connectivity index (χ3n) is 3.80. The van der Waals surface area contributed by atoms with Crippen LogP contribution >= 0.6 is 11.6 Å². The summed E-state index contributed by atoms with van der Waals surface area (Å²) in [6.07, 6.45) is 0.961. The Morgan fingerprint density at radius 2 is 1.88 bits per heavy atom. The second kappa shape index (κ2) is 8.05. The van der Waals surface area contributed by atoms with Gasteiger partial charge in [0.15, 0.2) is 0 Å². The van der Waals surface area contributed by atoms with Gasteiger partial charge in [0, 0.05) is 18.7 Å². The zero-order valence-electron chi connectivity index (χ0n) is 14.7. The summed E-state index contributed by atoms with van der Waals surface area (Å²) >= 11 is 5.73. The molecule has 1 N–H and O–H groups in total. The Bertz CT molecular complexity index is 932. The molecule has 1 amide bonds. The van der Waals surface area contributed by atoms with E-state index < -0.39 is 15.8 Å². The van der Waals surface area contributed by atoms with E-state index in [2.05, 4.69) is 5.32 Å². The molecule has 26 heavy (non-hydrogen) atoms. The van der Waals surface area contributed by atoms with E-state index in [1.165, 1.54) is 12.1 Å². The highest BCUT2D eigenvalue weighted by atomic mass is 35.5. The van der Waals surface area contributed by atoms with Crippen LogP contribution < -0.4 is 9.62 Å². The topological polar surface area (TPSA) is 66.5 Å². The fourth-order valence-corrected chi connectivity index (χ4v) is 3.51. The molecule has 0 unspecified atom stereocenters. The molecule has 0 atom stereocenters. The lowest BCUT2D eigenvalue weighted by Gasteiger charge is -2.22. The molecule has 0 aliphatic rings. The largest absolute Gasteiger partial charge is 0.326 e. The van der Waals surface area contributed by atoms with E-state index in [4.69, 9.17) is 11.6 Å². The van der Waals surface area contributed by atoms with Crippen molar-refractivity contribution in [3.05, 3.63) is 58.4 Å². The van der Waals surface area contributed by atoms with Gasteiger partial charge in [0.1, 0.15) is 5.82 Å². The van der Waals surface area contributed by atoms with Crippen LogP contribution in [0.3, 0.4) is 0 Å². The van der Waals surface area contributed by atoms with Gasteiger partial charge in [-0.2, -0.15) is 0 Å². The van der Waals surface area contributed by atoms with Gasteiger partial charge in [-0.25, -0.2) is 12.8 Å². The van der Waals surface area contributed by atoms with Gasteiger partial charge in [0.05, 0.1) is 17.0 Å². The highest BCUT2D eigenvalue weighted by Crippen LogP contribution is 2.25. The van der Waals surface area contributed by atoms with Crippen LogP contribution in [0.4, 0.5) is 15.8 Å². The van der Waals surface area contributed by atoms with Crippen LogP contribution in [0.1, 0.15) is 17.5 Å². The van der Waals surface area contributed by atoms with E-state index in [0.29, 0.717) is 5.69 Å². The lowest BCUT2D eigenvalue weighted by atomic mass is 10.1. The number of amides is 1. The van der Waals surface area contributed by atoms with E-state index >= 15 is 0 Å². The smallest absolute Gasteiger partial charge is 0.232 e. The lowest BCUT2D eigenvalue weighted by Crippen LogP contribution is -2.33. The van der Waals surface area contributed by atoms with Crippen molar-refractivity contribution in [1.82, 2.24) is 0 Å². The van der Waals surface area contributed by atoms with Crippen molar-refractivity contribution < 1.29 is 17.6 Å². The molecule has 0 spiro atoms. The number of rotatable bonds is 6. The average Bonchev–Trinajstić information content (AvgIpc) is 2.53. The highest BCUT2D eigenvalue weighted by molar-refractivity contribution is 7.92. The van der Waals surface area contributed by atoms with Gasteiger partial charge in [0.2, 0.25) is 15.9 Å². The molecule has 5 nitrogen and oxygen atoms in total. The number of hydrogen-bond donors (Lipinski definition) is 1. The molecule has 0 saturated heterocycles. The summed E-state index contributed by atoms with van der Waals surface area (Å²) in [5, 5.41) is 2.60. The first kappa shape index (κ1) is 20.2. The van der Waals surface area contributed by atoms with Crippen molar-refractivity contribution in [2.75, 3.05) is 22.4 Å². The molecule has 0 aliphatic heterocycles. The molecule has 0 bridgehead atoms. The molecular formula is C18H20ClFN2O3S. The van der Waals surface area contributed by atoms with Crippen LogP contribution in [0.2, 0.25) is 5.02 Å². The first-order valence-corrected chi connectivity index (χ1v) is 10.1. The van der Waals surface area contributed by atoms with E-state index in [9.17, 15) is 17.6 Å². The molecular weight excluding hydrogens is 379 g/mol. The predicted octanol–water partition coefficient (Wildman–Crippen LogP) is 3.89. The molecule has 0 radical (unpaired) electrons. The minimum atomic E-state index is -3.66. The van der Waals surface area contributed by atoms with Gasteiger partial charge >= 0.3 is 0 Å². The van der Waals surface area contributed by atoms with E-state index in [0.717, 1.165) is 27.8 Å². The fraction of sp³-hybridized carbons (Fsp3) is 0.278. The van der Waals surface area contributed by atoms with E-state index in [1.54, 1.807) is 0 Å². The lowest BCUT2D eigenvalue weighted by molar-refractivity contribution is -0.116. The maximum atomic E-state index is 13.3. The summed E-state index contributed by atoms with van der Waals surface area (Å²) < 4.78 is 38.5. The van der Waals surface area contributed by atoms with Crippen molar-refractivity contribution in [2.24, 2.45) is 0 Å². The van der Waals surface area contributed by atoms with Gasteiger partial charge in [-0.05, 0) is 49.2 Å². The zero-order valence-corrected chi connectivity index (χ0v) is 16.3. The van der Waals surface area contributed by atoms with Crippen LogP contribution in [0.15, 0.2) is 36.4 Å². The van der Waals surface area contributed by atoms with Crippen molar-refractivity contribution in [3.8, 4) is 0 Å². The molecule has 2 aromatic rings. The molecule has 2 rings (SSSR count). The number of hydrogen-bond acceptors (Lipinski definition) is 3. The van der Waals surface area contributed by atoms with Crippen molar-refractivity contribution in [2.45, 2.75) is 20.3 Å². The van der Waals surface area contributed by atoms with Gasteiger partial charge in [0.25, 0.3) is 0 Å². The number of nitrogens with zero attached hydrogens (tertiary/aromatic N) is 1. The van der Waals surface area contributed by atoms with E-state index in [-0.39, 0.29) is 29.6 Å². The monoisotopic (exact) mass is 398 g/mol. The summed E-state index contributed by atoms with van der Waals surface area (Å²) in [7, 11) is -3.66. The molecule has 140 valence electrons. The molecule has 0 aromatic heterocycles. The van der Waals surface area contributed by atoms with Crippen LogP contribution in [-0.4, -0.2) is 27.1 Å². The van der Waals surface area contributed by atoms with E-state index in [1.807, 2.05) is 32.0 Å². The molecule has 0 aliphatic carbocycles. The number of carbonyl (C=O) groups is 1. The van der Waals surface area contributed by atoms with Crippen LogP contribution in [0.25, 0.3) is 0 Å². The van der Waals surface area contributed by atoms with Gasteiger partial charge in [-0.1, -0.05) is 23.7 Å². The summed E-state index contributed by atoms with van der Waals surface area (Å²) in [6, 6.07) is 9.31. The summed E-state index contributed by atoms with van der Waals surface area (Å²) in [5.41, 5.74) is 2.81. The fourth-order valence-electron chi connectivity index (χ4n) is 2.41. The van der Waals surface area contributed by atoms with Gasteiger partial charge in [-0.3, -0.25) is 9.10 Å². The Labute approximate surface area is 157 Å². The molecule has 0 heterocycles. The Hall–Kier alpha value is -2.12. The van der Waals surface area contributed by atoms with Gasteiger partial charge < -0.3 is 5.32 Å². The molecule has 0 fully saturated rings. The van der Waals surface area contributed by atoms with Crippen LogP contribution in [0.5, 0.6) is 0 Å².